The van der Waals surface area contributed by atoms with Crippen molar-refractivity contribution in [2.24, 2.45) is 0 Å². The van der Waals surface area contributed by atoms with E-state index in [0.717, 1.165) is 25.3 Å². The molecule has 0 atom stereocenters. The van der Waals surface area contributed by atoms with E-state index in [0.29, 0.717) is 0 Å². The predicted octanol–water partition coefficient (Wildman–Crippen LogP) is 3.45. The highest BCUT2D eigenvalue weighted by Crippen LogP contribution is 2.36. The number of benzene rings is 1. The lowest BCUT2D eigenvalue weighted by atomic mass is 9.91. The van der Waals surface area contributed by atoms with E-state index in [1.54, 1.807) is 0 Å². The number of aliphatic hydroxyl groups is 1. The number of nitrogens with zero attached hydrogens (tertiary/aromatic N) is 1. The number of alkyl halides is 3. The third-order valence-corrected chi connectivity index (χ3v) is 4.33. The average Bonchev–Trinajstić information content (AvgIpc) is 2.34. The molecule has 7 heteroatoms. The Hall–Kier alpha value is -1.08. The Morgan fingerprint density at radius 3 is 2.52 bits per heavy atom. The zero-order valence-corrected chi connectivity index (χ0v) is 12.7. The Balaban J connectivity index is 2.29. The standard InChI is InChI=1S/C14H15BrF3NO2/c15-12-5-4-9(8-11(12)14(16,17)18)13(21)19(6-7-20)10-2-1-3-10/h4-5,8,10,20H,1-3,6-7H2. The quantitative estimate of drug-likeness (QED) is 0.887. The maximum atomic E-state index is 12.9. The van der Waals surface area contributed by atoms with Gasteiger partial charge >= 0.3 is 6.18 Å². The van der Waals surface area contributed by atoms with Crippen LogP contribution in [0.25, 0.3) is 0 Å². The van der Waals surface area contributed by atoms with Crippen molar-refractivity contribution in [3.63, 3.8) is 0 Å². The van der Waals surface area contributed by atoms with Crippen LogP contribution < -0.4 is 0 Å². The Bertz CT molecular complexity index is 529. The van der Waals surface area contributed by atoms with Crippen LogP contribution >= 0.6 is 15.9 Å². The highest BCUT2D eigenvalue weighted by Gasteiger charge is 2.35. The molecule has 2 rings (SSSR count). The number of rotatable bonds is 4. The highest BCUT2D eigenvalue weighted by atomic mass is 79.9. The average molecular weight is 366 g/mol. The fourth-order valence-electron chi connectivity index (χ4n) is 2.30. The molecule has 1 aliphatic carbocycles. The molecule has 0 spiro atoms. The van der Waals surface area contributed by atoms with Gasteiger partial charge in [-0.15, -0.1) is 0 Å². The topological polar surface area (TPSA) is 40.5 Å². The summed E-state index contributed by atoms with van der Waals surface area (Å²) in [5.41, 5.74) is -0.878. The third kappa shape index (κ3) is 3.58. The second-order valence-corrected chi connectivity index (χ2v) is 5.85. The fourth-order valence-corrected chi connectivity index (χ4v) is 2.77. The molecule has 116 valence electrons. The smallest absolute Gasteiger partial charge is 0.395 e. The van der Waals surface area contributed by atoms with E-state index in [4.69, 9.17) is 5.11 Å². The Kier molecular flexibility index (Phi) is 4.93. The molecule has 0 aliphatic heterocycles. The molecule has 0 unspecified atom stereocenters. The van der Waals surface area contributed by atoms with Gasteiger partial charge in [0.15, 0.2) is 0 Å². The molecule has 0 radical (unpaired) electrons. The van der Waals surface area contributed by atoms with Crippen molar-refractivity contribution in [2.75, 3.05) is 13.2 Å². The van der Waals surface area contributed by atoms with Crippen LogP contribution in [0.3, 0.4) is 0 Å². The van der Waals surface area contributed by atoms with Crippen molar-refractivity contribution in [3.05, 3.63) is 33.8 Å². The monoisotopic (exact) mass is 365 g/mol. The molecule has 0 heterocycles. The summed E-state index contributed by atoms with van der Waals surface area (Å²) in [5, 5.41) is 9.05. The minimum atomic E-state index is -4.52. The lowest BCUT2D eigenvalue weighted by Crippen LogP contribution is -2.45. The summed E-state index contributed by atoms with van der Waals surface area (Å²) in [6.45, 7) is -0.0637. The Morgan fingerprint density at radius 2 is 2.05 bits per heavy atom. The van der Waals surface area contributed by atoms with Gasteiger partial charge in [0, 0.05) is 22.6 Å². The molecule has 1 aromatic carbocycles. The molecular formula is C14H15BrF3NO2. The summed E-state index contributed by atoms with van der Waals surface area (Å²) >= 11 is 2.85. The van der Waals surface area contributed by atoms with E-state index in [1.807, 2.05) is 0 Å². The van der Waals surface area contributed by atoms with Crippen molar-refractivity contribution in [1.29, 1.82) is 0 Å². The van der Waals surface area contributed by atoms with Crippen LogP contribution in [0.15, 0.2) is 22.7 Å². The highest BCUT2D eigenvalue weighted by molar-refractivity contribution is 9.10. The summed E-state index contributed by atoms with van der Waals surface area (Å²) in [5.74, 6) is -0.466. The maximum absolute atomic E-state index is 12.9. The van der Waals surface area contributed by atoms with Gasteiger partial charge in [0.1, 0.15) is 0 Å². The van der Waals surface area contributed by atoms with Crippen molar-refractivity contribution in [2.45, 2.75) is 31.5 Å². The second-order valence-electron chi connectivity index (χ2n) is 5.00. The first kappa shape index (κ1) is 16.3. The second kappa shape index (κ2) is 6.36. The molecule has 1 aliphatic rings. The van der Waals surface area contributed by atoms with Crippen LogP contribution in [-0.2, 0) is 6.18 Å². The molecule has 1 amide bonds. The van der Waals surface area contributed by atoms with Crippen molar-refractivity contribution in [3.8, 4) is 0 Å². The van der Waals surface area contributed by atoms with Gasteiger partial charge in [-0.1, -0.05) is 15.9 Å². The van der Waals surface area contributed by atoms with Gasteiger partial charge in [0.25, 0.3) is 5.91 Å². The van der Waals surface area contributed by atoms with Gasteiger partial charge in [-0.25, -0.2) is 0 Å². The number of carbonyl (C=O) groups is 1. The van der Waals surface area contributed by atoms with E-state index in [-0.39, 0.29) is 29.2 Å². The number of aliphatic hydroxyl groups excluding tert-OH is 1. The number of halogens is 4. The first-order chi connectivity index (χ1) is 9.84. The van der Waals surface area contributed by atoms with Crippen molar-refractivity contribution in [1.82, 2.24) is 4.90 Å². The SMILES string of the molecule is O=C(c1ccc(Br)c(C(F)(F)F)c1)N(CCO)C1CCC1. The van der Waals surface area contributed by atoms with Gasteiger partial charge in [-0.3, -0.25) is 4.79 Å². The molecular weight excluding hydrogens is 351 g/mol. The molecule has 1 fully saturated rings. The first-order valence-corrected chi connectivity index (χ1v) is 7.42. The van der Waals surface area contributed by atoms with Crippen molar-refractivity contribution >= 4 is 21.8 Å². The van der Waals surface area contributed by atoms with Crippen LogP contribution in [0.4, 0.5) is 13.2 Å². The minimum Gasteiger partial charge on any atom is -0.395 e. The fraction of sp³-hybridized carbons (Fsp3) is 0.500. The van der Waals surface area contributed by atoms with Crippen LogP contribution in [0, 0.1) is 0 Å². The van der Waals surface area contributed by atoms with E-state index >= 15 is 0 Å². The zero-order valence-electron chi connectivity index (χ0n) is 11.2. The number of hydrogen-bond donors (Lipinski definition) is 1. The summed E-state index contributed by atoms with van der Waals surface area (Å²) in [4.78, 5) is 13.9. The molecule has 21 heavy (non-hydrogen) atoms. The summed E-state index contributed by atoms with van der Waals surface area (Å²) in [6.07, 6.45) is -1.87. The number of carbonyl (C=O) groups excluding carboxylic acids is 1. The molecule has 1 aromatic rings. The summed E-state index contributed by atoms with van der Waals surface area (Å²) in [7, 11) is 0. The predicted molar refractivity (Wildman–Crippen MR) is 74.9 cm³/mol. The molecule has 3 nitrogen and oxygen atoms in total. The zero-order chi connectivity index (χ0) is 15.6. The van der Waals surface area contributed by atoms with Crippen LogP contribution in [0.5, 0.6) is 0 Å². The van der Waals surface area contributed by atoms with Gasteiger partial charge < -0.3 is 10.0 Å². The molecule has 0 saturated heterocycles. The maximum Gasteiger partial charge on any atom is 0.417 e. The lowest BCUT2D eigenvalue weighted by Gasteiger charge is -2.37. The molecule has 0 bridgehead atoms. The van der Waals surface area contributed by atoms with E-state index in [9.17, 15) is 18.0 Å². The van der Waals surface area contributed by atoms with Gasteiger partial charge in [-0.2, -0.15) is 13.2 Å². The normalized spacial score (nSPS) is 15.7. The number of amides is 1. The third-order valence-electron chi connectivity index (χ3n) is 3.64. The lowest BCUT2D eigenvalue weighted by molar-refractivity contribution is -0.138. The van der Waals surface area contributed by atoms with Gasteiger partial charge in [-0.05, 0) is 37.5 Å². The van der Waals surface area contributed by atoms with Crippen LogP contribution in [-0.4, -0.2) is 35.1 Å². The number of hydrogen-bond acceptors (Lipinski definition) is 2. The Morgan fingerprint density at radius 1 is 1.38 bits per heavy atom. The molecule has 1 saturated carbocycles. The first-order valence-electron chi connectivity index (χ1n) is 6.63. The summed E-state index contributed by atoms with van der Waals surface area (Å²) < 4.78 is 38.6. The van der Waals surface area contributed by atoms with Crippen molar-refractivity contribution < 1.29 is 23.1 Å². The van der Waals surface area contributed by atoms with Gasteiger partial charge in [0.2, 0.25) is 0 Å². The van der Waals surface area contributed by atoms with E-state index < -0.39 is 17.6 Å². The van der Waals surface area contributed by atoms with Gasteiger partial charge in [0.05, 0.1) is 12.2 Å². The largest absolute Gasteiger partial charge is 0.417 e. The molecule has 0 aromatic heterocycles. The summed E-state index contributed by atoms with van der Waals surface area (Å²) in [6, 6.07) is 3.47. The van der Waals surface area contributed by atoms with E-state index in [2.05, 4.69) is 15.9 Å². The molecule has 1 N–H and O–H groups in total. The van der Waals surface area contributed by atoms with Crippen LogP contribution in [0.2, 0.25) is 0 Å². The minimum absolute atomic E-state index is 0.00845. The van der Waals surface area contributed by atoms with E-state index in [1.165, 1.54) is 17.0 Å². The van der Waals surface area contributed by atoms with Crippen LogP contribution in [0.1, 0.15) is 35.2 Å². The Labute approximate surface area is 128 Å².